The van der Waals surface area contributed by atoms with E-state index in [0.29, 0.717) is 43.2 Å². The first-order valence-corrected chi connectivity index (χ1v) is 12.3. The molecule has 4 rings (SSSR count). The first kappa shape index (κ1) is 23.9. The molecule has 0 bridgehead atoms. The van der Waals surface area contributed by atoms with Crippen molar-refractivity contribution in [3.63, 3.8) is 0 Å². The number of hydrogen-bond acceptors (Lipinski definition) is 5. The molecule has 0 aromatic heterocycles. The largest absolute Gasteiger partial charge is 0.488 e. The molecule has 1 aliphatic heterocycles. The molecule has 3 aromatic rings. The maximum absolute atomic E-state index is 13.1. The van der Waals surface area contributed by atoms with Crippen LogP contribution in [0.4, 0.5) is 10.1 Å². The average molecular weight is 484 g/mol. The molecular formula is C25H26FN3O4S. The normalized spacial score (nSPS) is 15.1. The Morgan fingerprint density at radius 1 is 0.941 bits per heavy atom. The molecule has 0 saturated carbocycles. The van der Waals surface area contributed by atoms with Crippen LogP contribution in [0.25, 0.3) is 0 Å². The van der Waals surface area contributed by atoms with Crippen LogP contribution in [0.1, 0.15) is 15.9 Å². The molecule has 7 nitrogen and oxygen atoms in total. The van der Waals surface area contributed by atoms with Gasteiger partial charge in [-0.1, -0.05) is 24.3 Å². The second-order valence-electron chi connectivity index (χ2n) is 8.10. The molecule has 9 heteroatoms. The highest BCUT2D eigenvalue weighted by molar-refractivity contribution is 7.89. The van der Waals surface area contributed by atoms with Crippen molar-refractivity contribution in [1.82, 2.24) is 9.21 Å². The molecule has 3 aromatic carbocycles. The Kier molecular flexibility index (Phi) is 7.26. The minimum atomic E-state index is -3.58. The summed E-state index contributed by atoms with van der Waals surface area (Å²) < 4.78 is 46.1. The van der Waals surface area contributed by atoms with Gasteiger partial charge in [-0.25, -0.2) is 12.8 Å². The highest BCUT2D eigenvalue weighted by atomic mass is 32.2. The smallest absolute Gasteiger partial charge is 0.259 e. The number of piperazine rings is 1. The number of nitrogens with zero attached hydrogens (tertiary/aromatic N) is 2. The third kappa shape index (κ3) is 5.61. The molecule has 178 valence electrons. The number of benzene rings is 3. The SMILES string of the molecule is CN1CCN(S(=O)(=O)c2ccc(NC(=O)c3ccccc3OCc3ccc(F)cc3)cc2)CC1. The third-order valence-corrected chi connectivity index (χ3v) is 7.56. The van der Waals surface area contributed by atoms with Crippen molar-refractivity contribution in [3.8, 4) is 5.75 Å². The topological polar surface area (TPSA) is 79.0 Å². The molecule has 0 unspecified atom stereocenters. The number of ether oxygens (including phenoxy) is 1. The summed E-state index contributed by atoms with van der Waals surface area (Å²) in [6.45, 7) is 2.47. The molecule has 1 heterocycles. The summed E-state index contributed by atoms with van der Waals surface area (Å²) in [4.78, 5) is 15.2. The van der Waals surface area contributed by atoms with E-state index >= 15 is 0 Å². The van der Waals surface area contributed by atoms with Crippen LogP contribution in [0.2, 0.25) is 0 Å². The van der Waals surface area contributed by atoms with E-state index in [-0.39, 0.29) is 23.2 Å². The summed E-state index contributed by atoms with van der Waals surface area (Å²) >= 11 is 0. The maximum atomic E-state index is 13.1. The number of likely N-dealkylation sites (N-methyl/N-ethyl adjacent to an activating group) is 1. The number of sulfonamides is 1. The zero-order valence-corrected chi connectivity index (χ0v) is 19.6. The van der Waals surface area contributed by atoms with Crippen LogP contribution in [-0.4, -0.2) is 56.8 Å². The van der Waals surface area contributed by atoms with Gasteiger partial charge in [0, 0.05) is 31.9 Å². The van der Waals surface area contributed by atoms with E-state index in [0.717, 1.165) is 5.56 Å². The van der Waals surface area contributed by atoms with Gasteiger partial charge in [0.05, 0.1) is 10.5 Å². The van der Waals surface area contributed by atoms with Gasteiger partial charge < -0.3 is 15.0 Å². The Bertz CT molecular complexity index is 1240. The van der Waals surface area contributed by atoms with Gasteiger partial charge >= 0.3 is 0 Å². The lowest BCUT2D eigenvalue weighted by Gasteiger charge is -2.31. The van der Waals surface area contributed by atoms with Gasteiger partial charge in [0.15, 0.2) is 0 Å². The number of halogens is 1. The standard InChI is InChI=1S/C25H26FN3O4S/c1-28-14-16-29(17-15-28)34(31,32)22-12-10-21(11-13-22)27-25(30)23-4-2-3-5-24(23)33-18-19-6-8-20(26)9-7-19/h2-13H,14-18H2,1H3,(H,27,30). The zero-order valence-electron chi connectivity index (χ0n) is 18.8. The maximum Gasteiger partial charge on any atom is 0.259 e. The second-order valence-corrected chi connectivity index (χ2v) is 10.0. The van der Waals surface area contributed by atoms with Crippen LogP contribution in [0.15, 0.2) is 77.7 Å². The molecule has 0 spiro atoms. The number of carbonyl (C=O) groups is 1. The van der Waals surface area contributed by atoms with E-state index in [1.807, 2.05) is 7.05 Å². The summed E-state index contributed by atoms with van der Waals surface area (Å²) in [6.07, 6.45) is 0. The fourth-order valence-electron chi connectivity index (χ4n) is 3.61. The van der Waals surface area contributed by atoms with Crippen molar-refractivity contribution in [2.45, 2.75) is 11.5 Å². The minimum absolute atomic E-state index is 0.184. The Hall–Kier alpha value is -3.27. The van der Waals surface area contributed by atoms with Gasteiger partial charge in [-0.05, 0) is 61.1 Å². The lowest BCUT2D eigenvalue weighted by Crippen LogP contribution is -2.46. The molecule has 1 N–H and O–H groups in total. The number of para-hydroxylation sites is 1. The molecule has 1 fully saturated rings. The summed E-state index contributed by atoms with van der Waals surface area (Å²) in [7, 11) is -1.61. The molecule has 0 radical (unpaired) electrons. The van der Waals surface area contributed by atoms with Crippen LogP contribution in [-0.2, 0) is 16.6 Å². The van der Waals surface area contributed by atoms with E-state index in [9.17, 15) is 17.6 Å². The second kappa shape index (κ2) is 10.3. The predicted molar refractivity (Wildman–Crippen MR) is 128 cm³/mol. The highest BCUT2D eigenvalue weighted by Crippen LogP contribution is 2.23. The van der Waals surface area contributed by atoms with Crippen LogP contribution < -0.4 is 10.1 Å². The molecule has 1 amide bonds. The number of anilines is 1. The number of rotatable bonds is 7. The first-order chi connectivity index (χ1) is 16.3. The molecule has 1 saturated heterocycles. The number of hydrogen-bond donors (Lipinski definition) is 1. The monoisotopic (exact) mass is 483 g/mol. The molecule has 1 aliphatic rings. The van der Waals surface area contributed by atoms with E-state index in [1.54, 1.807) is 48.5 Å². The average Bonchev–Trinajstić information content (AvgIpc) is 2.84. The summed E-state index contributed by atoms with van der Waals surface area (Å²) in [6, 6.07) is 18.9. The lowest BCUT2D eigenvalue weighted by atomic mass is 10.1. The van der Waals surface area contributed by atoms with Gasteiger partial charge in [-0.15, -0.1) is 0 Å². The van der Waals surface area contributed by atoms with E-state index in [2.05, 4.69) is 10.2 Å². The van der Waals surface area contributed by atoms with Crippen LogP contribution in [0.5, 0.6) is 5.75 Å². The quantitative estimate of drug-likeness (QED) is 0.556. The molecular weight excluding hydrogens is 457 g/mol. The van der Waals surface area contributed by atoms with E-state index in [1.165, 1.54) is 28.6 Å². The van der Waals surface area contributed by atoms with Crippen LogP contribution >= 0.6 is 0 Å². The van der Waals surface area contributed by atoms with Crippen LogP contribution in [0.3, 0.4) is 0 Å². The minimum Gasteiger partial charge on any atom is -0.488 e. The van der Waals surface area contributed by atoms with E-state index in [4.69, 9.17) is 4.74 Å². The summed E-state index contributed by atoms with van der Waals surface area (Å²) in [5, 5.41) is 2.78. The summed E-state index contributed by atoms with van der Waals surface area (Å²) in [5.41, 5.74) is 1.57. The number of amides is 1. The molecule has 34 heavy (non-hydrogen) atoms. The van der Waals surface area contributed by atoms with Crippen molar-refractivity contribution in [1.29, 1.82) is 0 Å². The Morgan fingerprint density at radius 2 is 1.59 bits per heavy atom. The van der Waals surface area contributed by atoms with Gasteiger partial charge in [0.2, 0.25) is 10.0 Å². The van der Waals surface area contributed by atoms with E-state index < -0.39 is 10.0 Å². The van der Waals surface area contributed by atoms with Crippen molar-refractivity contribution in [3.05, 3.63) is 89.7 Å². The van der Waals surface area contributed by atoms with Crippen molar-refractivity contribution < 1.29 is 22.3 Å². The third-order valence-electron chi connectivity index (χ3n) is 5.65. The Morgan fingerprint density at radius 3 is 2.26 bits per heavy atom. The van der Waals surface area contributed by atoms with Gasteiger partial charge in [0.1, 0.15) is 18.2 Å². The number of carbonyl (C=O) groups excluding carboxylic acids is 1. The molecule has 0 atom stereocenters. The predicted octanol–water partition coefficient (Wildman–Crippen LogP) is 3.59. The van der Waals surface area contributed by atoms with Gasteiger partial charge in [0.25, 0.3) is 5.91 Å². The van der Waals surface area contributed by atoms with Gasteiger partial charge in [-0.3, -0.25) is 4.79 Å². The van der Waals surface area contributed by atoms with Crippen molar-refractivity contribution >= 4 is 21.6 Å². The fraction of sp³-hybridized carbons (Fsp3) is 0.240. The van der Waals surface area contributed by atoms with Gasteiger partial charge in [-0.2, -0.15) is 4.31 Å². The first-order valence-electron chi connectivity index (χ1n) is 10.9. The zero-order chi connectivity index (χ0) is 24.1. The lowest BCUT2D eigenvalue weighted by molar-refractivity contribution is 0.102. The summed E-state index contributed by atoms with van der Waals surface area (Å²) in [5.74, 6) is -0.325. The molecule has 0 aliphatic carbocycles. The Balaban J connectivity index is 1.42. The number of nitrogens with one attached hydrogen (secondary N) is 1. The van der Waals surface area contributed by atoms with Crippen LogP contribution in [0, 0.1) is 5.82 Å². The van der Waals surface area contributed by atoms with Crippen molar-refractivity contribution in [2.75, 3.05) is 38.5 Å². The highest BCUT2D eigenvalue weighted by Gasteiger charge is 2.27. The van der Waals surface area contributed by atoms with Crippen molar-refractivity contribution in [2.24, 2.45) is 0 Å². The fourth-order valence-corrected chi connectivity index (χ4v) is 5.03. The Labute approximate surface area is 198 Å².